The lowest BCUT2D eigenvalue weighted by molar-refractivity contribution is 0.185. The quantitative estimate of drug-likeness (QED) is 0.846. The molecule has 0 aromatic carbocycles. The summed E-state index contributed by atoms with van der Waals surface area (Å²) in [5, 5.41) is 3.33. The highest BCUT2D eigenvalue weighted by molar-refractivity contribution is 5.30. The highest BCUT2D eigenvalue weighted by Gasteiger charge is 2.18. The van der Waals surface area contributed by atoms with E-state index in [4.69, 9.17) is 4.74 Å². The Morgan fingerprint density at radius 1 is 1.42 bits per heavy atom. The van der Waals surface area contributed by atoms with Crippen LogP contribution in [-0.2, 0) is 30.7 Å². The zero-order chi connectivity index (χ0) is 13.8. The molecule has 0 radical (unpaired) electrons. The summed E-state index contributed by atoms with van der Waals surface area (Å²) in [6, 6.07) is 2.49. The van der Waals surface area contributed by atoms with Crippen LogP contribution < -0.4 is 10.9 Å². The molecule has 1 aliphatic rings. The number of methoxy groups -OCH3 is 1. The summed E-state index contributed by atoms with van der Waals surface area (Å²) in [5.41, 5.74) is 3.59. The van der Waals surface area contributed by atoms with Gasteiger partial charge in [-0.15, -0.1) is 0 Å². The Labute approximate surface area is 114 Å². The van der Waals surface area contributed by atoms with Crippen molar-refractivity contribution in [3.8, 4) is 0 Å². The topological polar surface area (TPSA) is 43.3 Å². The molecular formula is C15H24N2O2. The van der Waals surface area contributed by atoms with Crippen LogP contribution >= 0.6 is 0 Å². The summed E-state index contributed by atoms with van der Waals surface area (Å²) >= 11 is 0. The number of aryl methyl sites for hydroxylation is 1. The van der Waals surface area contributed by atoms with Gasteiger partial charge in [0.15, 0.2) is 0 Å². The Bertz CT molecular complexity index is 492. The number of nitrogens with one attached hydrogen (secondary N) is 1. The summed E-state index contributed by atoms with van der Waals surface area (Å²) in [6.07, 6.45) is 3.27. The number of hydrogen-bond acceptors (Lipinski definition) is 3. The van der Waals surface area contributed by atoms with Crippen molar-refractivity contribution in [2.24, 2.45) is 0 Å². The van der Waals surface area contributed by atoms with Crippen molar-refractivity contribution < 1.29 is 4.74 Å². The standard InChI is InChI=1S/C15H24N2O2/c1-11(2)16-10-13-9-12-5-4-6-14(12)17(15(13)18)7-8-19-3/h9,11,16H,4-8,10H2,1-3H3. The molecule has 1 heterocycles. The molecular weight excluding hydrogens is 240 g/mol. The molecule has 1 aromatic rings. The van der Waals surface area contributed by atoms with Gasteiger partial charge in [0.2, 0.25) is 0 Å². The fraction of sp³-hybridized carbons (Fsp3) is 0.667. The number of ether oxygens (including phenoxy) is 1. The Morgan fingerprint density at radius 3 is 2.89 bits per heavy atom. The molecule has 0 atom stereocenters. The van der Waals surface area contributed by atoms with Gasteiger partial charge in [-0.05, 0) is 30.9 Å². The predicted octanol–water partition coefficient (Wildman–Crippen LogP) is 1.48. The van der Waals surface area contributed by atoms with E-state index in [0.29, 0.717) is 25.7 Å². The molecule has 0 amide bonds. The Balaban J connectivity index is 2.32. The van der Waals surface area contributed by atoms with Crippen molar-refractivity contribution in [2.75, 3.05) is 13.7 Å². The predicted molar refractivity (Wildman–Crippen MR) is 76.6 cm³/mol. The first-order chi connectivity index (χ1) is 9.13. The van der Waals surface area contributed by atoms with Gasteiger partial charge in [0.1, 0.15) is 0 Å². The first-order valence-electron chi connectivity index (χ1n) is 7.10. The lowest BCUT2D eigenvalue weighted by Gasteiger charge is -2.15. The monoisotopic (exact) mass is 264 g/mol. The van der Waals surface area contributed by atoms with Crippen LogP contribution in [0.3, 0.4) is 0 Å². The summed E-state index contributed by atoms with van der Waals surface area (Å²) in [5.74, 6) is 0. The van der Waals surface area contributed by atoms with E-state index in [9.17, 15) is 4.79 Å². The maximum Gasteiger partial charge on any atom is 0.255 e. The summed E-state index contributed by atoms with van der Waals surface area (Å²) in [7, 11) is 1.68. The van der Waals surface area contributed by atoms with Crippen molar-refractivity contribution in [2.45, 2.75) is 52.2 Å². The van der Waals surface area contributed by atoms with Crippen molar-refractivity contribution in [3.63, 3.8) is 0 Å². The Morgan fingerprint density at radius 2 is 2.21 bits per heavy atom. The average Bonchev–Trinajstić information content (AvgIpc) is 2.83. The minimum atomic E-state index is 0.144. The van der Waals surface area contributed by atoms with Gasteiger partial charge in [0.05, 0.1) is 6.61 Å². The maximum absolute atomic E-state index is 12.5. The lowest BCUT2D eigenvalue weighted by Crippen LogP contribution is -2.32. The largest absolute Gasteiger partial charge is 0.383 e. The third kappa shape index (κ3) is 3.25. The van der Waals surface area contributed by atoms with Crippen LogP contribution in [0.15, 0.2) is 10.9 Å². The third-order valence-corrected chi connectivity index (χ3v) is 3.64. The summed E-state index contributed by atoms with van der Waals surface area (Å²) in [4.78, 5) is 12.5. The number of aromatic nitrogens is 1. The number of rotatable bonds is 6. The van der Waals surface area contributed by atoms with Crippen LogP contribution in [0.5, 0.6) is 0 Å². The van der Waals surface area contributed by atoms with Crippen molar-refractivity contribution in [1.29, 1.82) is 0 Å². The average molecular weight is 264 g/mol. The van der Waals surface area contributed by atoms with E-state index in [1.54, 1.807) is 7.11 Å². The number of fused-ring (bicyclic) bond motifs is 1. The maximum atomic E-state index is 12.5. The minimum Gasteiger partial charge on any atom is -0.383 e. The molecule has 1 N–H and O–H groups in total. The van der Waals surface area contributed by atoms with Gasteiger partial charge in [0, 0.05) is 37.5 Å². The van der Waals surface area contributed by atoms with Crippen molar-refractivity contribution >= 4 is 0 Å². The fourth-order valence-corrected chi connectivity index (χ4v) is 2.64. The third-order valence-electron chi connectivity index (χ3n) is 3.64. The van der Waals surface area contributed by atoms with Crippen LogP contribution in [0.2, 0.25) is 0 Å². The van der Waals surface area contributed by atoms with Crippen LogP contribution in [0.4, 0.5) is 0 Å². The van der Waals surface area contributed by atoms with E-state index < -0.39 is 0 Å². The number of pyridine rings is 1. The van der Waals surface area contributed by atoms with Gasteiger partial charge in [0.25, 0.3) is 5.56 Å². The Hall–Kier alpha value is -1.13. The van der Waals surface area contributed by atoms with Crippen LogP contribution in [0.1, 0.15) is 37.1 Å². The second kappa shape index (κ2) is 6.35. The van der Waals surface area contributed by atoms with Gasteiger partial charge in [-0.1, -0.05) is 13.8 Å². The highest BCUT2D eigenvalue weighted by atomic mass is 16.5. The number of hydrogen-bond donors (Lipinski definition) is 1. The minimum absolute atomic E-state index is 0.144. The van der Waals surface area contributed by atoms with Crippen LogP contribution in [0.25, 0.3) is 0 Å². The highest BCUT2D eigenvalue weighted by Crippen LogP contribution is 2.21. The normalized spacial score (nSPS) is 14.1. The summed E-state index contributed by atoms with van der Waals surface area (Å²) < 4.78 is 7.04. The van der Waals surface area contributed by atoms with Crippen molar-refractivity contribution in [3.05, 3.63) is 33.2 Å². The molecule has 0 fully saturated rings. The van der Waals surface area contributed by atoms with E-state index >= 15 is 0 Å². The van der Waals surface area contributed by atoms with E-state index in [-0.39, 0.29) is 5.56 Å². The molecule has 4 heteroatoms. The van der Waals surface area contributed by atoms with E-state index in [1.165, 1.54) is 11.3 Å². The molecule has 2 rings (SSSR count). The fourth-order valence-electron chi connectivity index (χ4n) is 2.64. The van der Waals surface area contributed by atoms with Crippen LogP contribution in [-0.4, -0.2) is 24.3 Å². The molecule has 1 aromatic heterocycles. The van der Waals surface area contributed by atoms with Crippen molar-refractivity contribution in [1.82, 2.24) is 9.88 Å². The molecule has 0 saturated heterocycles. The molecule has 0 bridgehead atoms. The van der Waals surface area contributed by atoms with E-state index in [1.807, 2.05) is 4.57 Å². The zero-order valence-electron chi connectivity index (χ0n) is 12.2. The number of nitrogens with zero attached hydrogens (tertiary/aromatic N) is 1. The van der Waals surface area contributed by atoms with Gasteiger partial charge in [-0.3, -0.25) is 4.79 Å². The first-order valence-corrected chi connectivity index (χ1v) is 7.10. The van der Waals surface area contributed by atoms with E-state index in [0.717, 1.165) is 24.8 Å². The van der Waals surface area contributed by atoms with Gasteiger partial charge in [-0.25, -0.2) is 0 Å². The lowest BCUT2D eigenvalue weighted by atomic mass is 10.1. The van der Waals surface area contributed by atoms with Gasteiger partial charge < -0.3 is 14.6 Å². The second-order valence-electron chi connectivity index (χ2n) is 5.48. The Kier molecular flexibility index (Phi) is 4.77. The second-order valence-corrected chi connectivity index (χ2v) is 5.48. The molecule has 0 spiro atoms. The molecule has 0 saturated carbocycles. The van der Waals surface area contributed by atoms with Gasteiger partial charge >= 0.3 is 0 Å². The molecule has 4 nitrogen and oxygen atoms in total. The molecule has 0 aliphatic heterocycles. The van der Waals surface area contributed by atoms with E-state index in [2.05, 4.69) is 25.2 Å². The van der Waals surface area contributed by atoms with Crippen LogP contribution in [0, 0.1) is 0 Å². The SMILES string of the molecule is COCCn1c2c(cc(CNC(C)C)c1=O)CCC2. The van der Waals surface area contributed by atoms with Gasteiger partial charge in [-0.2, -0.15) is 0 Å². The smallest absolute Gasteiger partial charge is 0.255 e. The summed E-state index contributed by atoms with van der Waals surface area (Å²) in [6.45, 7) is 6.09. The zero-order valence-corrected chi connectivity index (χ0v) is 12.2. The molecule has 106 valence electrons. The first kappa shape index (κ1) is 14.3. The molecule has 19 heavy (non-hydrogen) atoms. The molecule has 0 unspecified atom stereocenters. The molecule has 1 aliphatic carbocycles.